The van der Waals surface area contributed by atoms with Crippen molar-refractivity contribution in [2.75, 3.05) is 11.5 Å². The Morgan fingerprint density at radius 3 is 2.69 bits per heavy atom. The topological polar surface area (TPSA) is 0 Å². The Kier molecular flexibility index (Phi) is 5.87. The standard InChI is InChI=1S/C11H14S2/c12-8-4-9-13-10-7-11-5-2-1-3-6-11/h1-3,5-7,10,12H,4,8-9H2. The summed E-state index contributed by atoms with van der Waals surface area (Å²) in [7, 11) is 0. The number of benzene rings is 1. The average Bonchev–Trinajstić information content (AvgIpc) is 2.19. The molecular weight excluding hydrogens is 196 g/mol. The van der Waals surface area contributed by atoms with Crippen LogP contribution in [-0.4, -0.2) is 11.5 Å². The van der Waals surface area contributed by atoms with E-state index < -0.39 is 0 Å². The minimum absolute atomic E-state index is 0.978. The van der Waals surface area contributed by atoms with Gasteiger partial charge in [-0.3, -0.25) is 0 Å². The third kappa shape index (κ3) is 5.06. The fourth-order valence-electron chi connectivity index (χ4n) is 0.907. The van der Waals surface area contributed by atoms with E-state index in [2.05, 4.69) is 48.4 Å². The molecule has 0 fully saturated rings. The maximum absolute atomic E-state index is 4.16. The molecule has 0 unspecified atom stereocenters. The number of thiol groups is 1. The first kappa shape index (κ1) is 10.7. The first-order chi connectivity index (χ1) is 6.43. The normalized spacial score (nSPS) is 10.8. The maximum atomic E-state index is 4.16. The number of hydrogen-bond acceptors (Lipinski definition) is 2. The zero-order chi connectivity index (χ0) is 9.36. The van der Waals surface area contributed by atoms with Crippen molar-refractivity contribution in [3.05, 3.63) is 41.3 Å². The molecule has 0 aliphatic rings. The Hall–Kier alpha value is -0.340. The molecule has 1 aromatic rings. The molecule has 0 aliphatic carbocycles. The van der Waals surface area contributed by atoms with Crippen LogP contribution in [0.3, 0.4) is 0 Å². The van der Waals surface area contributed by atoms with Gasteiger partial charge in [-0.05, 0) is 35.0 Å². The maximum Gasteiger partial charge on any atom is -0.00182 e. The van der Waals surface area contributed by atoms with Crippen LogP contribution in [0.1, 0.15) is 12.0 Å². The molecule has 0 N–H and O–H groups in total. The van der Waals surface area contributed by atoms with Gasteiger partial charge in [0.2, 0.25) is 0 Å². The highest BCUT2D eigenvalue weighted by Gasteiger charge is 1.84. The minimum Gasteiger partial charge on any atom is -0.179 e. The summed E-state index contributed by atoms with van der Waals surface area (Å²) in [5.41, 5.74) is 1.26. The van der Waals surface area contributed by atoms with Gasteiger partial charge in [0.05, 0.1) is 0 Å². The molecule has 0 heterocycles. The fraction of sp³-hybridized carbons (Fsp3) is 0.273. The summed E-state index contributed by atoms with van der Waals surface area (Å²) in [5.74, 6) is 2.14. The molecule has 0 amide bonds. The van der Waals surface area contributed by atoms with Crippen LogP contribution in [0.5, 0.6) is 0 Å². The van der Waals surface area contributed by atoms with Crippen LogP contribution < -0.4 is 0 Å². The van der Waals surface area contributed by atoms with E-state index in [1.54, 1.807) is 0 Å². The van der Waals surface area contributed by atoms with E-state index >= 15 is 0 Å². The van der Waals surface area contributed by atoms with E-state index in [4.69, 9.17) is 0 Å². The van der Waals surface area contributed by atoms with Crippen molar-refractivity contribution in [1.82, 2.24) is 0 Å². The highest BCUT2D eigenvalue weighted by atomic mass is 32.2. The summed E-state index contributed by atoms with van der Waals surface area (Å²) >= 11 is 6.00. The highest BCUT2D eigenvalue weighted by molar-refractivity contribution is 8.02. The molecule has 0 aliphatic heterocycles. The zero-order valence-electron chi connectivity index (χ0n) is 7.52. The molecule has 0 radical (unpaired) electrons. The van der Waals surface area contributed by atoms with Crippen LogP contribution in [0.2, 0.25) is 0 Å². The summed E-state index contributed by atoms with van der Waals surface area (Å²) in [5, 5.41) is 2.15. The average molecular weight is 210 g/mol. The SMILES string of the molecule is SCCCSC=Cc1ccccc1. The molecule has 70 valence electrons. The fourth-order valence-corrected chi connectivity index (χ4v) is 1.98. The molecule has 0 saturated heterocycles. The van der Waals surface area contributed by atoms with Crippen LogP contribution in [0, 0.1) is 0 Å². The van der Waals surface area contributed by atoms with E-state index in [-0.39, 0.29) is 0 Å². The number of hydrogen-bond donors (Lipinski definition) is 1. The van der Waals surface area contributed by atoms with Gasteiger partial charge in [0, 0.05) is 0 Å². The van der Waals surface area contributed by atoms with Gasteiger partial charge in [0.15, 0.2) is 0 Å². The van der Waals surface area contributed by atoms with Crippen LogP contribution in [0.15, 0.2) is 35.7 Å². The largest absolute Gasteiger partial charge is 0.179 e. The quantitative estimate of drug-likeness (QED) is 0.571. The van der Waals surface area contributed by atoms with Crippen LogP contribution in [-0.2, 0) is 0 Å². The van der Waals surface area contributed by atoms with Crippen molar-refractivity contribution in [3.63, 3.8) is 0 Å². The Bertz CT molecular complexity index is 242. The van der Waals surface area contributed by atoms with Crippen molar-refractivity contribution < 1.29 is 0 Å². The second-order valence-electron chi connectivity index (χ2n) is 2.66. The molecule has 1 aromatic carbocycles. The van der Waals surface area contributed by atoms with Gasteiger partial charge in [-0.25, -0.2) is 0 Å². The van der Waals surface area contributed by atoms with Crippen molar-refractivity contribution in [3.8, 4) is 0 Å². The molecule has 2 heteroatoms. The molecule has 13 heavy (non-hydrogen) atoms. The Morgan fingerprint density at radius 1 is 1.23 bits per heavy atom. The van der Waals surface area contributed by atoms with Crippen molar-refractivity contribution >= 4 is 30.5 Å². The predicted molar refractivity (Wildman–Crippen MR) is 66.4 cm³/mol. The van der Waals surface area contributed by atoms with Crippen LogP contribution in [0.4, 0.5) is 0 Å². The molecule has 0 bridgehead atoms. The smallest absolute Gasteiger partial charge is 0.00182 e. The summed E-state index contributed by atoms with van der Waals surface area (Å²) in [6.07, 6.45) is 3.32. The first-order valence-electron chi connectivity index (χ1n) is 4.37. The third-order valence-electron chi connectivity index (χ3n) is 1.58. The molecule has 0 saturated carbocycles. The van der Waals surface area contributed by atoms with Crippen molar-refractivity contribution in [1.29, 1.82) is 0 Å². The summed E-state index contributed by atoms with van der Waals surface area (Å²) in [6.45, 7) is 0. The van der Waals surface area contributed by atoms with E-state index in [0.29, 0.717) is 0 Å². The summed E-state index contributed by atoms with van der Waals surface area (Å²) in [6, 6.07) is 10.4. The van der Waals surface area contributed by atoms with Crippen molar-refractivity contribution in [2.45, 2.75) is 6.42 Å². The van der Waals surface area contributed by atoms with E-state index in [9.17, 15) is 0 Å². The van der Waals surface area contributed by atoms with Gasteiger partial charge >= 0.3 is 0 Å². The second-order valence-corrected chi connectivity index (χ2v) is 4.12. The minimum atomic E-state index is 0.978. The van der Waals surface area contributed by atoms with Crippen LogP contribution >= 0.6 is 24.4 Å². The van der Waals surface area contributed by atoms with Gasteiger partial charge in [-0.1, -0.05) is 30.3 Å². The summed E-state index contributed by atoms with van der Waals surface area (Å²) in [4.78, 5) is 0. The Balaban J connectivity index is 2.25. The lowest BCUT2D eigenvalue weighted by atomic mass is 10.2. The molecule has 0 aromatic heterocycles. The van der Waals surface area contributed by atoms with Gasteiger partial charge in [0.25, 0.3) is 0 Å². The summed E-state index contributed by atoms with van der Waals surface area (Å²) < 4.78 is 0. The number of thioether (sulfide) groups is 1. The zero-order valence-corrected chi connectivity index (χ0v) is 9.23. The Labute approximate surface area is 89.8 Å². The van der Waals surface area contributed by atoms with Gasteiger partial charge < -0.3 is 0 Å². The van der Waals surface area contributed by atoms with Gasteiger partial charge in [-0.2, -0.15) is 12.6 Å². The highest BCUT2D eigenvalue weighted by Crippen LogP contribution is 2.09. The third-order valence-corrected chi connectivity index (χ3v) is 2.75. The van der Waals surface area contributed by atoms with Gasteiger partial charge in [0.1, 0.15) is 0 Å². The molecule has 1 rings (SSSR count). The molecule has 0 nitrogen and oxygen atoms in total. The molecule has 0 spiro atoms. The van der Waals surface area contributed by atoms with Crippen molar-refractivity contribution in [2.24, 2.45) is 0 Å². The molecule has 0 atom stereocenters. The van der Waals surface area contributed by atoms with E-state index in [1.807, 2.05) is 17.8 Å². The Morgan fingerprint density at radius 2 is 2.00 bits per heavy atom. The number of rotatable bonds is 5. The lowest BCUT2D eigenvalue weighted by molar-refractivity contribution is 1.13. The van der Waals surface area contributed by atoms with E-state index in [0.717, 1.165) is 11.5 Å². The first-order valence-corrected chi connectivity index (χ1v) is 6.05. The van der Waals surface area contributed by atoms with E-state index in [1.165, 1.54) is 12.0 Å². The lowest BCUT2D eigenvalue weighted by Gasteiger charge is -1.92. The second kappa shape index (κ2) is 7.10. The van der Waals surface area contributed by atoms with Gasteiger partial charge in [-0.15, -0.1) is 11.8 Å². The van der Waals surface area contributed by atoms with Crippen LogP contribution in [0.25, 0.3) is 6.08 Å². The molecular formula is C11H14S2. The monoisotopic (exact) mass is 210 g/mol. The lowest BCUT2D eigenvalue weighted by Crippen LogP contribution is -1.76. The predicted octanol–water partition coefficient (Wildman–Crippen LogP) is 3.71.